The summed E-state index contributed by atoms with van der Waals surface area (Å²) in [4.78, 5) is 43.3. The Kier molecular flexibility index (Phi) is 8.25. The van der Waals surface area contributed by atoms with Gasteiger partial charge in [-0.3, -0.25) is 14.5 Å². The van der Waals surface area contributed by atoms with Crippen LogP contribution in [-0.4, -0.2) is 111 Å². The quantitative estimate of drug-likeness (QED) is 0.432. The molecule has 3 aliphatic rings. The Morgan fingerprint density at radius 3 is 2.64 bits per heavy atom. The standard InChI is InChI=1S/C31H42N10O3/c1-6-32-30-33-17-26-27(34-30)37(5)14-15-39(29(26)43)24-8-7-9-25(16-24)41-19-23(35-36-41)18-38-12-10-31(11-13-38)20-40(21(2)3)28(42)22(4)44-31/h7-9,16-17,19,21-22H,6,10-15,18,20H2,1-5H3,(H,32,33,34). The molecular formula is C31H42N10O3. The highest BCUT2D eigenvalue weighted by Gasteiger charge is 2.46. The van der Waals surface area contributed by atoms with Crippen molar-refractivity contribution in [2.45, 2.75) is 64.8 Å². The zero-order valence-corrected chi connectivity index (χ0v) is 26.2. The van der Waals surface area contributed by atoms with Crippen molar-refractivity contribution in [2.24, 2.45) is 0 Å². The molecule has 2 aromatic heterocycles. The molecule has 13 heteroatoms. The zero-order valence-electron chi connectivity index (χ0n) is 26.2. The number of benzene rings is 1. The van der Waals surface area contributed by atoms with E-state index in [1.807, 2.05) is 61.2 Å². The molecule has 1 unspecified atom stereocenters. The molecule has 1 atom stereocenters. The molecule has 2 amide bonds. The summed E-state index contributed by atoms with van der Waals surface area (Å²) in [5.74, 6) is 1.08. The van der Waals surface area contributed by atoms with Gasteiger partial charge in [0.05, 0.1) is 29.7 Å². The molecule has 5 heterocycles. The van der Waals surface area contributed by atoms with Crippen LogP contribution in [0.2, 0.25) is 0 Å². The number of likely N-dealkylation sites (tertiary alicyclic amines) is 1. The van der Waals surface area contributed by atoms with Crippen molar-refractivity contribution < 1.29 is 14.3 Å². The number of morpholine rings is 1. The highest BCUT2D eigenvalue weighted by molar-refractivity contribution is 6.09. The van der Waals surface area contributed by atoms with Crippen LogP contribution < -0.4 is 15.1 Å². The molecule has 1 aromatic carbocycles. The van der Waals surface area contributed by atoms with E-state index in [-0.39, 0.29) is 23.5 Å². The average molecular weight is 603 g/mol. The molecule has 1 spiro atoms. The Hall–Kier alpha value is -4.10. The van der Waals surface area contributed by atoms with Gasteiger partial charge in [-0.1, -0.05) is 11.3 Å². The fraction of sp³-hybridized carbons (Fsp3) is 0.548. The molecule has 13 nitrogen and oxygen atoms in total. The van der Waals surface area contributed by atoms with E-state index >= 15 is 0 Å². The number of rotatable bonds is 7. The lowest BCUT2D eigenvalue weighted by Gasteiger charge is -2.50. The Morgan fingerprint density at radius 1 is 1.11 bits per heavy atom. The number of hydrogen-bond donors (Lipinski definition) is 1. The summed E-state index contributed by atoms with van der Waals surface area (Å²) in [7, 11) is 1.94. The van der Waals surface area contributed by atoms with Gasteiger partial charge in [0, 0.05) is 64.2 Å². The number of aromatic nitrogens is 5. The van der Waals surface area contributed by atoms with E-state index in [1.165, 1.54) is 0 Å². The maximum absolute atomic E-state index is 13.7. The van der Waals surface area contributed by atoms with Crippen LogP contribution in [0.3, 0.4) is 0 Å². The van der Waals surface area contributed by atoms with Crippen LogP contribution in [0.25, 0.3) is 5.69 Å². The molecular weight excluding hydrogens is 560 g/mol. The molecule has 3 aliphatic heterocycles. The highest BCUT2D eigenvalue weighted by Crippen LogP contribution is 2.34. The highest BCUT2D eigenvalue weighted by atomic mass is 16.5. The molecule has 6 rings (SSSR count). The molecule has 0 bridgehead atoms. The van der Waals surface area contributed by atoms with Crippen molar-refractivity contribution in [1.82, 2.24) is 34.8 Å². The summed E-state index contributed by atoms with van der Waals surface area (Å²) in [6.45, 7) is 12.9. The first-order valence-corrected chi connectivity index (χ1v) is 15.5. The second kappa shape index (κ2) is 12.1. The maximum atomic E-state index is 13.7. The van der Waals surface area contributed by atoms with Crippen molar-refractivity contribution in [2.75, 3.05) is 61.4 Å². The zero-order chi connectivity index (χ0) is 31.0. The number of nitrogens with zero attached hydrogens (tertiary/aromatic N) is 9. The second-order valence-corrected chi connectivity index (χ2v) is 12.3. The smallest absolute Gasteiger partial charge is 0.263 e. The fourth-order valence-corrected chi connectivity index (χ4v) is 6.35. The third-order valence-electron chi connectivity index (χ3n) is 8.84. The first-order valence-electron chi connectivity index (χ1n) is 15.5. The lowest BCUT2D eigenvalue weighted by Crippen LogP contribution is -2.62. The molecule has 2 saturated heterocycles. The van der Waals surface area contributed by atoms with Crippen LogP contribution in [0.1, 0.15) is 56.6 Å². The minimum absolute atomic E-state index is 0.0821. The van der Waals surface area contributed by atoms with Gasteiger partial charge >= 0.3 is 0 Å². The van der Waals surface area contributed by atoms with E-state index in [0.717, 1.165) is 43.0 Å². The Balaban J connectivity index is 1.12. The van der Waals surface area contributed by atoms with E-state index in [2.05, 4.69) is 44.3 Å². The van der Waals surface area contributed by atoms with Gasteiger partial charge in [0.2, 0.25) is 5.95 Å². The first-order chi connectivity index (χ1) is 21.2. The van der Waals surface area contributed by atoms with Crippen molar-refractivity contribution in [3.05, 3.63) is 47.9 Å². The third kappa shape index (κ3) is 5.85. The average Bonchev–Trinajstić information content (AvgIpc) is 3.44. The molecule has 0 saturated carbocycles. The van der Waals surface area contributed by atoms with Crippen molar-refractivity contribution in [3.8, 4) is 5.69 Å². The number of anilines is 3. The van der Waals surface area contributed by atoms with Crippen molar-refractivity contribution >= 4 is 29.3 Å². The molecule has 1 N–H and O–H groups in total. The van der Waals surface area contributed by atoms with Gasteiger partial charge in [0.15, 0.2) is 0 Å². The van der Waals surface area contributed by atoms with Gasteiger partial charge < -0.3 is 24.8 Å². The molecule has 0 radical (unpaired) electrons. The topological polar surface area (TPSA) is 125 Å². The number of carbonyl (C=O) groups is 2. The molecule has 3 aromatic rings. The van der Waals surface area contributed by atoms with E-state index in [9.17, 15) is 9.59 Å². The fourth-order valence-electron chi connectivity index (χ4n) is 6.35. The van der Waals surface area contributed by atoms with Crippen LogP contribution in [0, 0.1) is 0 Å². The summed E-state index contributed by atoms with van der Waals surface area (Å²) >= 11 is 0. The molecule has 2 fully saturated rings. The largest absolute Gasteiger partial charge is 0.360 e. The normalized spacial score (nSPS) is 20.8. The predicted molar refractivity (Wildman–Crippen MR) is 167 cm³/mol. The first kappa shape index (κ1) is 29.9. The summed E-state index contributed by atoms with van der Waals surface area (Å²) in [6.07, 6.45) is 4.89. The van der Waals surface area contributed by atoms with Gasteiger partial charge in [-0.15, -0.1) is 5.10 Å². The van der Waals surface area contributed by atoms with Crippen LogP contribution >= 0.6 is 0 Å². The van der Waals surface area contributed by atoms with Gasteiger partial charge in [0.1, 0.15) is 17.5 Å². The summed E-state index contributed by atoms with van der Waals surface area (Å²) in [6, 6.07) is 7.95. The number of ether oxygens (including phenoxy) is 1. The number of amides is 2. The van der Waals surface area contributed by atoms with Crippen LogP contribution in [0.4, 0.5) is 17.5 Å². The lowest BCUT2D eigenvalue weighted by molar-refractivity contribution is -0.193. The number of carbonyl (C=O) groups excluding carboxylic acids is 2. The summed E-state index contributed by atoms with van der Waals surface area (Å²) in [5, 5.41) is 12.0. The summed E-state index contributed by atoms with van der Waals surface area (Å²) in [5.41, 5.74) is 2.66. The summed E-state index contributed by atoms with van der Waals surface area (Å²) < 4.78 is 8.05. The van der Waals surface area contributed by atoms with Crippen LogP contribution in [-0.2, 0) is 16.1 Å². The van der Waals surface area contributed by atoms with Crippen molar-refractivity contribution in [3.63, 3.8) is 0 Å². The molecule has 0 aliphatic carbocycles. The van der Waals surface area contributed by atoms with Crippen molar-refractivity contribution in [1.29, 1.82) is 0 Å². The Labute approximate surface area is 258 Å². The minimum Gasteiger partial charge on any atom is -0.360 e. The van der Waals surface area contributed by atoms with E-state index in [0.29, 0.717) is 50.1 Å². The predicted octanol–water partition coefficient (Wildman–Crippen LogP) is 2.58. The van der Waals surface area contributed by atoms with Crippen LogP contribution in [0.15, 0.2) is 36.7 Å². The number of fused-ring (bicyclic) bond motifs is 1. The van der Waals surface area contributed by atoms with Gasteiger partial charge in [0.25, 0.3) is 11.8 Å². The number of hydrogen-bond acceptors (Lipinski definition) is 10. The van der Waals surface area contributed by atoms with E-state index < -0.39 is 6.10 Å². The van der Waals surface area contributed by atoms with E-state index in [1.54, 1.807) is 15.8 Å². The van der Waals surface area contributed by atoms with E-state index in [4.69, 9.17) is 4.74 Å². The molecule has 234 valence electrons. The SMILES string of the molecule is CCNc1ncc2c(n1)N(C)CCN(c1cccc(-n3cc(CN4CCC5(CC4)CN(C(C)C)C(=O)C(C)O5)nn3)c1)C2=O. The Bertz CT molecular complexity index is 1520. The van der Waals surface area contributed by atoms with Gasteiger partial charge in [-0.05, 0) is 58.7 Å². The second-order valence-electron chi connectivity index (χ2n) is 12.3. The van der Waals surface area contributed by atoms with Gasteiger partial charge in [-0.25, -0.2) is 9.67 Å². The maximum Gasteiger partial charge on any atom is 0.263 e. The minimum atomic E-state index is -0.405. The Morgan fingerprint density at radius 2 is 1.89 bits per heavy atom. The van der Waals surface area contributed by atoms with Crippen LogP contribution in [0.5, 0.6) is 0 Å². The molecule has 44 heavy (non-hydrogen) atoms. The lowest BCUT2D eigenvalue weighted by atomic mass is 9.88. The number of nitrogens with one attached hydrogen (secondary N) is 1. The monoisotopic (exact) mass is 602 g/mol. The number of piperidine rings is 1. The third-order valence-corrected chi connectivity index (χ3v) is 8.84. The van der Waals surface area contributed by atoms with Gasteiger partial charge in [-0.2, -0.15) is 4.98 Å². The number of likely N-dealkylation sites (N-methyl/N-ethyl adjacent to an activating group) is 1.